The van der Waals surface area contributed by atoms with Crippen LogP contribution in [0.15, 0.2) is 17.6 Å². The van der Waals surface area contributed by atoms with Gasteiger partial charge in [-0.25, -0.2) is 13.4 Å². The number of aromatic nitrogens is 2. The first-order chi connectivity index (χ1) is 7.66. The molecule has 0 atom stereocenters. The van der Waals surface area contributed by atoms with E-state index in [1.807, 2.05) is 0 Å². The van der Waals surface area contributed by atoms with Crippen molar-refractivity contribution in [2.45, 2.75) is 30.3 Å². The summed E-state index contributed by atoms with van der Waals surface area (Å²) in [5.41, 5.74) is 5.46. The van der Waals surface area contributed by atoms with E-state index in [1.54, 1.807) is 0 Å². The van der Waals surface area contributed by atoms with E-state index in [2.05, 4.69) is 9.97 Å². The summed E-state index contributed by atoms with van der Waals surface area (Å²) >= 11 is 0. The van der Waals surface area contributed by atoms with Crippen LogP contribution in [0, 0.1) is 0 Å². The van der Waals surface area contributed by atoms with Gasteiger partial charge in [-0.2, -0.15) is 4.31 Å². The predicted molar refractivity (Wildman–Crippen MR) is 59.2 cm³/mol. The summed E-state index contributed by atoms with van der Waals surface area (Å²) < 4.78 is 25.9. The van der Waals surface area contributed by atoms with Gasteiger partial charge in [0.05, 0.1) is 12.5 Å². The Labute approximate surface area is 94.9 Å². The molecule has 0 spiro atoms. The summed E-state index contributed by atoms with van der Waals surface area (Å²) in [5, 5.41) is 0.146. The smallest absolute Gasteiger partial charge is 0.260 e. The van der Waals surface area contributed by atoms with Crippen molar-refractivity contribution in [2.75, 3.05) is 13.1 Å². The Bertz CT molecular complexity index is 424. The third-order valence-corrected chi connectivity index (χ3v) is 4.77. The molecule has 0 unspecified atom stereocenters. The average molecular weight is 244 g/mol. The van der Waals surface area contributed by atoms with Crippen LogP contribution in [0.4, 0.5) is 0 Å². The maximum Gasteiger partial charge on any atom is 0.260 e. The van der Waals surface area contributed by atoms with Crippen LogP contribution in [0.1, 0.15) is 19.3 Å². The molecular weight excluding hydrogens is 228 g/mol. The minimum Gasteiger partial charge on any atom is -0.335 e. The number of sulfonamides is 1. The molecule has 1 aliphatic carbocycles. The number of hydrogen-bond donors (Lipinski definition) is 2. The summed E-state index contributed by atoms with van der Waals surface area (Å²) in [4.78, 5) is 6.38. The third kappa shape index (κ3) is 1.98. The Kier molecular flexibility index (Phi) is 3.27. The fourth-order valence-electron chi connectivity index (χ4n) is 1.81. The molecule has 0 radical (unpaired) electrons. The van der Waals surface area contributed by atoms with Crippen molar-refractivity contribution in [3.05, 3.63) is 12.5 Å². The fourth-order valence-corrected chi connectivity index (χ4v) is 3.41. The first-order valence-electron chi connectivity index (χ1n) is 5.36. The van der Waals surface area contributed by atoms with Gasteiger partial charge in [0.15, 0.2) is 5.03 Å². The van der Waals surface area contributed by atoms with Crippen molar-refractivity contribution >= 4 is 10.0 Å². The standard InChI is InChI=1S/C9H16N4O2S/c10-4-5-13(8-2-1-3-8)16(14,15)9-6-11-7-12-9/h6-8H,1-5,10H2,(H,11,12). The molecule has 3 N–H and O–H groups in total. The molecule has 90 valence electrons. The highest BCUT2D eigenvalue weighted by molar-refractivity contribution is 7.89. The van der Waals surface area contributed by atoms with Gasteiger partial charge in [-0.3, -0.25) is 0 Å². The molecule has 0 bridgehead atoms. The van der Waals surface area contributed by atoms with Gasteiger partial charge in [0.2, 0.25) is 0 Å². The van der Waals surface area contributed by atoms with E-state index in [9.17, 15) is 8.42 Å². The zero-order valence-electron chi connectivity index (χ0n) is 8.96. The number of nitrogens with two attached hydrogens (primary N) is 1. The Hall–Kier alpha value is -0.920. The molecule has 2 rings (SSSR count). The Balaban J connectivity index is 2.24. The van der Waals surface area contributed by atoms with Crippen LogP contribution in [-0.4, -0.2) is 41.8 Å². The first kappa shape index (κ1) is 11.6. The summed E-state index contributed by atoms with van der Waals surface area (Å²) in [6.07, 6.45) is 5.64. The maximum atomic E-state index is 12.2. The highest BCUT2D eigenvalue weighted by Crippen LogP contribution is 2.28. The lowest BCUT2D eigenvalue weighted by Crippen LogP contribution is -2.46. The van der Waals surface area contributed by atoms with Crippen molar-refractivity contribution in [3.63, 3.8) is 0 Å². The van der Waals surface area contributed by atoms with Crippen LogP contribution < -0.4 is 5.73 Å². The third-order valence-electron chi connectivity index (χ3n) is 2.89. The monoisotopic (exact) mass is 244 g/mol. The van der Waals surface area contributed by atoms with Crippen LogP contribution in [0.3, 0.4) is 0 Å². The van der Waals surface area contributed by atoms with E-state index in [0.29, 0.717) is 13.1 Å². The minimum atomic E-state index is -3.44. The molecule has 16 heavy (non-hydrogen) atoms. The molecule has 0 aliphatic heterocycles. The van der Waals surface area contributed by atoms with Gasteiger partial charge in [-0.05, 0) is 12.8 Å². The number of imidazole rings is 1. The van der Waals surface area contributed by atoms with Crippen LogP contribution in [0.25, 0.3) is 0 Å². The number of hydrogen-bond acceptors (Lipinski definition) is 4. The highest BCUT2D eigenvalue weighted by atomic mass is 32.2. The second kappa shape index (κ2) is 4.52. The number of H-pyrrole nitrogens is 1. The van der Waals surface area contributed by atoms with Gasteiger partial charge < -0.3 is 10.7 Å². The quantitative estimate of drug-likeness (QED) is 0.757. The van der Waals surface area contributed by atoms with Crippen molar-refractivity contribution < 1.29 is 8.42 Å². The Morgan fingerprint density at radius 3 is 2.75 bits per heavy atom. The molecule has 0 amide bonds. The molecule has 1 heterocycles. The Morgan fingerprint density at radius 2 is 2.31 bits per heavy atom. The van der Waals surface area contributed by atoms with Crippen LogP contribution in [0.5, 0.6) is 0 Å². The molecule has 1 aliphatic rings. The number of aromatic amines is 1. The van der Waals surface area contributed by atoms with Gasteiger partial charge in [-0.15, -0.1) is 0 Å². The molecule has 1 aromatic rings. The largest absolute Gasteiger partial charge is 0.335 e. The van der Waals surface area contributed by atoms with Crippen LogP contribution in [0.2, 0.25) is 0 Å². The van der Waals surface area contributed by atoms with Gasteiger partial charge >= 0.3 is 0 Å². The summed E-state index contributed by atoms with van der Waals surface area (Å²) in [7, 11) is -3.44. The average Bonchev–Trinajstić information content (AvgIpc) is 2.67. The number of nitrogens with one attached hydrogen (secondary N) is 1. The number of nitrogens with zero attached hydrogens (tertiary/aromatic N) is 2. The zero-order chi connectivity index (χ0) is 11.6. The molecule has 1 saturated carbocycles. The van der Waals surface area contributed by atoms with E-state index >= 15 is 0 Å². The topological polar surface area (TPSA) is 92.1 Å². The van der Waals surface area contributed by atoms with E-state index in [-0.39, 0.29) is 11.1 Å². The lowest BCUT2D eigenvalue weighted by atomic mass is 9.93. The maximum absolute atomic E-state index is 12.2. The molecule has 1 fully saturated rings. The van der Waals surface area contributed by atoms with Crippen molar-refractivity contribution in [1.82, 2.24) is 14.3 Å². The van der Waals surface area contributed by atoms with Gasteiger partial charge in [0.1, 0.15) is 0 Å². The molecule has 0 saturated heterocycles. The van der Waals surface area contributed by atoms with E-state index in [0.717, 1.165) is 19.3 Å². The zero-order valence-corrected chi connectivity index (χ0v) is 9.78. The fraction of sp³-hybridized carbons (Fsp3) is 0.667. The van der Waals surface area contributed by atoms with Gasteiger partial charge in [-0.1, -0.05) is 6.42 Å². The van der Waals surface area contributed by atoms with Crippen molar-refractivity contribution in [2.24, 2.45) is 5.73 Å². The highest BCUT2D eigenvalue weighted by Gasteiger charge is 2.34. The summed E-state index contributed by atoms with van der Waals surface area (Å²) in [6, 6.07) is 0.108. The lowest BCUT2D eigenvalue weighted by molar-refractivity contribution is 0.222. The predicted octanol–water partition coefficient (Wildman–Crippen LogP) is -0.0884. The van der Waals surface area contributed by atoms with E-state index in [4.69, 9.17) is 5.73 Å². The van der Waals surface area contributed by atoms with Gasteiger partial charge in [0.25, 0.3) is 10.0 Å². The molecule has 7 heteroatoms. The normalized spacial score (nSPS) is 17.6. The van der Waals surface area contributed by atoms with Crippen LogP contribution in [-0.2, 0) is 10.0 Å². The number of rotatable bonds is 5. The van der Waals surface area contributed by atoms with E-state index < -0.39 is 10.0 Å². The van der Waals surface area contributed by atoms with E-state index in [1.165, 1.54) is 16.8 Å². The first-order valence-corrected chi connectivity index (χ1v) is 6.80. The molecule has 1 aromatic heterocycles. The Morgan fingerprint density at radius 1 is 1.56 bits per heavy atom. The van der Waals surface area contributed by atoms with Gasteiger partial charge in [0, 0.05) is 19.1 Å². The molecule has 6 nitrogen and oxygen atoms in total. The second-order valence-corrected chi connectivity index (χ2v) is 5.76. The molecular formula is C9H16N4O2S. The SMILES string of the molecule is NCCN(C1CCC1)S(=O)(=O)c1cnc[nH]1. The summed E-state index contributed by atoms with van der Waals surface area (Å²) in [5.74, 6) is 0. The second-order valence-electron chi connectivity index (χ2n) is 3.91. The molecule has 0 aromatic carbocycles. The summed E-state index contributed by atoms with van der Waals surface area (Å²) in [6.45, 7) is 0.704. The van der Waals surface area contributed by atoms with Crippen LogP contribution >= 0.6 is 0 Å². The lowest BCUT2D eigenvalue weighted by Gasteiger charge is -2.35. The minimum absolute atomic E-state index is 0.108. The van der Waals surface area contributed by atoms with Crippen molar-refractivity contribution in [1.29, 1.82) is 0 Å². The van der Waals surface area contributed by atoms with Crippen molar-refractivity contribution in [3.8, 4) is 0 Å².